The lowest BCUT2D eigenvalue weighted by Crippen LogP contribution is -1.98. The molecule has 1 N–H and O–H groups in total. The van der Waals surface area contributed by atoms with Crippen molar-refractivity contribution in [3.8, 4) is 17.2 Å². The van der Waals surface area contributed by atoms with E-state index in [0.717, 1.165) is 10.0 Å². The second-order valence-electron chi connectivity index (χ2n) is 4.51. The molecule has 0 radical (unpaired) electrons. The van der Waals surface area contributed by atoms with Crippen molar-refractivity contribution in [3.05, 3.63) is 57.8 Å². The van der Waals surface area contributed by atoms with E-state index in [2.05, 4.69) is 15.9 Å². The van der Waals surface area contributed by atoms with Gasteiger partial charge in [0.15, 0.2) is 5.76 Å². The number of phenolic OH excluding ortho intramolecular Hbond substituents is 1. The van der Waals surface area contributed by atoms with Crippen LogP contribution in [0.25, 0.3) is 6.08 Å². The number of methoxy groups -OCH3 is 1. The number of fused-ring (bicyclic) bond motifs is 1. The van der Waals surface area contributed by atoms with E-state index in [9.17, 15) is 9.90 Å². The zero-order valence-electron chi connectivity index (χ0n) is 11.1. The number of allylic oxidation sites excluding steroid dienone is 1. The maximum Gasteiger partial charge on any atom is 0.235 e. The van der Waals surface area contributed by atoms with Crippen LogP contribution in [0.4, 0.5) is 0 Å². The van der Waals surface area contributed by atoms with Crippen LogP contribution in [-0.4, -0.2) is 18.0 Å². The Bertz CT molecular complexity index is 748. The van der Waals surface area contributed by atoms with Crippen molar-refractivity contribution in [3.63, 3.8) is 0 Å². The Morgan fingerprint density at radius 1 is 1.24 bits per heavy atom. The first-order valence-electron chi connectivity index (χ1n) is 6.19. The van der Waals surface area contributed by atoms with E-state index in [1.54, 1.807) is 12.1 Å². The van der Waals surface area contributed by atoms with Gasteiger partial charge in [0.1, 0.15) is 22.8 Å². The molecule has 0 fully saturated rings. The van der Waals surface area contributed by atoms with Gasteiger partial charge in [0, 0.05) is 16.6 Å². The SMILES string of the molecule is COc1cc(O)c2c(c1)O/C(=C\c1ccc(Br)cc1)C2=O. The van der Waals surface area contributed by atoms with Gasteiger partial charge in [-0.2, -0.15) is 0 Å². The van der Waals surface area contributed by atoms with Gasteiger partial charge in [-0.1, -0.05) is 28.1 Å². The van der Waals surface area contributed by atoms with Crippen molar-refractivity contribution in [1.29, 1.82) is 0 Å². The summed E-state index contributed by atoms with van der Waals surface area (Å²) in [5.74, 6) is 0.432. The van der Waals surface area contributed by atoms with E-state index < -0.39 is 0 Å². The number of rotatable bonds is 2. The summed E-state index contributed by atoms with van der Waals surface area (Å²) in [7, 11) is 1.48. The minimum atomic E-state index is -0.340. The third kappa shape index (κ3) is 2.52. The topological polar surface area (TPSA) is 55.8 Å². The molecule has 0 unspecified atom stereocenters. The van der Waals surface area contributed by atoms with Crippen molar-refractivity contribution in [2.24, 2.45) is 0 Å². The molecule has 1 aliphatic rings. The molecule has 2 aromatic rings. The van der Waals surface area contributed by atoms with Gasteiger partial charge in [0.25, 0.3) is 0 Å². The second-order valence-corrected chi connectivity index (χ2v) is 5.43. The van der Waals surface area contributed by atoms with Gasteiger partial charge in [-0.15, -0.1) is 0 Å². The van der Waals surface area contributed by atoms with Gasteiger partial charge in [-0.3, -0.25) is 4.79 Å². The van der Waals surface area contributed by atoms with Gasteiger partial charge in [0.05, 0.1) is 7.11 Å². The molecule has 106 valence electrons. The molecule has 0 aliphatic carbocycles. The lowest BCUT2D eigenvalue weighted by Gasteiger charge is -2.03. The molecule has 1 heterocycles. The van der Waals surface area contributed by atoms with E-state index in [0.29, 0.717) is 11.5 Å². The van der Waals surface area contributed by atoms with Gasteiger partial charge in [-0.25, -0.2) is 0 Å². The first-order valence-corrected chi connectivity index (χ1v) is 6.98. The Hall–Kier alpha value is -2.27. The number of halogens is 1. The van der Waals surface area contributed by atoms with Crippen molar-refractivity contribution in [2.45, 2.75) is 0 Å². The summed E-state index contributed by atoms with van der Waals surface area (Å²) < 4.78 is 11.5. The standard InChI is InChI=1S/C16H11BrO4/c1-20-11-7-12(18)15-13(8-11)21-14(16(15)19)6-9-2-4-10(17)5-3-9/h2-8,18H,1H3/b14-6-. The van der Waals surface area contributed by atoms with Crippen LogP contribution in [0.1, 0.15) is 15.9 Å². The van der Waals surface area contributed by atoms with E-state index in [-0.39, 0.29) is 22.9 Å². The highest BCUT2D eigenvalue weighted by molar-refractivity contribution is 9.10. The largest absolute Gasteiger partial charge is 0.507 e. The third-order valence-electron chi connectivity index (χ3n) is 3.13. The number of aromatic hydroxyl groups is 1. The number of hydrogen-bond donors (Lipinski definition) is 1. The number of carbonyl (C=O) groups excluding carboxylic acids is 1. The van der Waals surface area contributed by atoms with Gasteiger partial charge in [0.2, 0.25) is 5.78 Å². The van der Waals surface area contributed by atoms with Crippen LogP contribution in [0.15, 0.2) is 46.6 Å². The fourth-order valence-electron chi connectivity index (χ4n) is 2.10. The van der Waals surface area contributed by atoms with E-state index in [1.165, 1.54) is 13.2 Å². The summed E-state index contributed by atoms with van der Waals surface area (Å²) in [6, 6.07) is 10.4. The Labute approximate surface area is 129 Å². The van der Waals surface area contributed by atoms with Crippen molar-refractivity contribution >= 4 is 27.8 Å². The molecule has 0 saturated heterocycles. The first kappa shape index (κ1) is 13.7. The van der Waals surface area contributed by atoms with Gasteiger partial charge in [-0.05, 0) is 23.8 Å². The molecule has 0 atom stereocenters. The smallest absolute Gasteiger partial charge is 0.235 e. The minimum Gasteiger partial charge on any atom is -0.507 e. The minimum absolute atomic E-state index is 0.145. The molecule has 0 bridgehead atoms. The summed E-state index contributed by atoms with van der Waals surface area (Å²) in [6.07, 6.45) is 1.64. The number of hydrogen-bond acceptors (Lipinski definition) is 4. The van der Waals surface area contributed by atoms with E-state index >= 15 is 0 Å². The Balaban J connectivity index is 2.00. The average Bonchev–Trinajstić information content (AvgIpc) is 2.78. The van der Waals surface area contributed by atoms with Gasteiger partial charge < -0.3 is 14.6 Å². The Morgan fingerprint density at radius 2 is 1.95 bits per heavy atom. The highest BCUT2D eigenvalue weighted by Gasteiger charge is 2.31. The molecule has 0 amide bonds. The number of ketones is 1. The number of phenols is 1. The maximum atomic E-state index is 12.3. The monoisotopic (exact) mass is 346 g/mol. The summed E-state index contributed by atoms with van der Waals surface area (Å²) in [5, 5.41) is 9.92. The molecule has 5 heteroatoms. The first-order chi connectivity index (χ1) is 10.1. The fourth-order valence-corrected chi connectivity index (χ4v) is 2.36. The van der Waals surface area contributed by atoms with E-state index in [1.807, 2.05) is 24.3 Å². The molecule has 21 heavy (non-hydrogen) atoms. The predicted molar refractivity (Wildman–Crippen MR) is 81.7 cm³/mol. The highest BCUT2D eigenvalue weighted by atomic mass is 79.9. The number of carbonyl (C=O) groups is 1. The number of Topliss-reactive ketones (excluding diaryl/α,β-unsaturated/α-hetero) is 1. The molecule has 1 aliphatic heterocycles. The molecular formula is C16H11BrO4. The number of ether oxygens (including phenoxy) is 2. The molecule has 3 rings (SSSR count). The molecule has 0 aromatic heterocycles. The van der Waals surface area contributed by atoms with Crippen LogP contribution < -0.4 is 9.47 Å². The summed E-state index contributed by atoms with van der Waals surface area (Å²) in [4.78, 5) is 12.3. The Morgan fingerprint density at radius 3 is 2.62 bits per heavy atom. The van der Waals surface area contributed by atoms with Crippen LogP contribution in [-0.2, 0) is 0 Å². The quantitative estimate of drug-likeness (QED) is 0.840. The lowest BCUT2D eigenvalue weighted by molar-refractivity contribution is 0.101. The summed E-state index contributed by atoms with van der Waals surface area (Å²) in [6.45, 7) is 0. The average molecular weight is 347 g/mol. The van der Waals surface area contributed by atoms with Crippen LogP contribution >= 0.6 is 15.9 Å². The molecule has 4 nitrogen and oxygen atoms in total. The third-order valence-corrected chi connectivity index (χ3v) is 3.66. The van der Waals surface area contributed by atoms with Crippen molar-refractivity contribution in [2.75, 3.05) is 7.11 Å². The summed E-state index contributed by atoms with van der Waals surface area (Å²) in [5.41, 5.74) is 1.000. The van der Waals surface area contributed by atoms with Crippen molar-refractivity contribution < 1.29 is 19.4 Å². The molecule has 2 aromatic carbocycles. The normalized spacial score (nSPS) is 15.0. The van der Waals surface area contributed by atoms with Crippen LogP contribution in [0.3, 0.4) is 0 Å². The zero-order chi connectivity index (χ0) is 15.0. The van der Waals surface area contributed by atoms with E-state index in [4.69, 9.17) is 9.47 Å². The number of benzene rings is 2. The maximum absolute atomic E-state index is 12.3. The summed E-state index contributed by atoms with van der Waals surface area (Å²) >= 11 is 3.35. The molecular weight excluding hydrogens is 336 g/mol. The lowest BCUT2D eigenvalue weighted by atomic mass is 10.1. The van der Waals surface area contributed by atoms with Crippen molar-refractivity contribution in [1.82, 2.24) is 0 Å². The van der Waals surface area contributed by atoms with Crippen LogP contribution in [0.2, 0.25) is 0 Å². The molecule has 0 saturated carbocycles. The second kappa shape index (κ2) is 5.26. The Kier molecular flexibility index (Phi) is 3.43. The van der Waals surface area contributed by atoms with Gasteiger partial charge >= 0.3 is 0 Å². The molecule has 0 spiro atoms. The predicted octanol–water partition coefficient (Wildman–Crippen LogP) is 3.78. The fraction of sp³-hybridized carbons (Fsp3) is 0.0625. The van der Waals surface area contributed by atoms with Crippen LogP contribution in [0.5, 0.6) is 17.2 Å². The highest BCUT2D eigenvalue weighted by Crippen LogP contribution is 2.40. The zero-order valence-corrected chi connectivity index (χ0v) is 12.7. The van der Waals surface area contributed by atoms with Crippen LogP contribution in [0, 0.1) is 0 Å².